The van der Waals surface area contributed by atoms with E-state index in [9.17, 15) is 13.2 Å². The molecule has 1 aliphatic carbocycles. The minimum atomic E-state index is -2.92. The fourth-order valence-electron chi connectivity index (χ4n) is 2.75. The topological polar surface area (TPSA) is 71.4 Å². The molecule has 0 bridgehead atoms. The standard InChI is InChI=1S/C12H22O4S/c1-9-5-6-11(12(13)14)10(8-9)4-3-7-17(2,15)16/h9-11H,3-8H2,1-2H3,(H,13,14). The summed E-state index contributed by atoms with van der Waals surface area (Å²) < 4.78 is 22.1. The van der Waals surface area contributed by atoms with E-state index in [1.54, 1.807) is 0 Å². The van der Waals surface area contributed by atoms with Gasteiger partial charge in [0, 0.05) is 12.0 Å². The Morgan fingerprint density at radius 2 is 2.00 bits per heavy atom. The first kappa shape index (κ1) is 14.5. The first-order chi connectivity index (χ1) is 7.79. The summed E-state index contributed by atoms with van der Waals surface area (Å²) >= 11 is 0. The normalized spacial score (nSPS) is 30.1. The van der Waals surface area contributed by atoms with Gasteiger partial charge in [-0.2, -0.15) is 0 Å². The van der Waals surface area contributed by atoms with Gasteiger partial charge in [0.2, 0.25) is 0 Å². The average molecular weight is 262 g/mol. The summed E-state index contributed by atoms with van der Waals surface area (Å²) in [6.45, 7) is 2.14. The Balaban J connectivity index is 2.49. The zero-order valence-corrected chi connectivity index (χ0v) is 11.4. The SMILES string of the molecule is CC1CCC(C(=O)O)C(CCCS(C)(=O)=O)C1. The van der Waals surface area contributed by atoms with Gasteiger partial charge in [-0.1, -0.05) is 6.92 Å². The lowest BCUT2D eigenvalue weighted by molar-refractivity contribution is -0.145. The third-order valence-electron chi connectivity index (χ3n) is 3.65. The van der Waals surface area contributed by atoms with Crippen LogP contribution >= 0.6 is 0 Å². The van der Waals surface area contributed by atoms with Gasteiger partial charge in [-0.15, -0.1) is 0 Å². The van der Waals surface area contributed by atoms with E-state index in [0.29, 0.717) is 18.8 Å². The van der Waals surface area contributed by atoms with Crippen molar-refractivity contribution in [3.63, 3.8) is 0 Å². The third kappa shape index (κ3) is 5.06. The number of hydrogen-bond acceptors (Lipinski definition) is 3. The number of carboxylic acids is 1. The molecule has 0 aromatic rings. The molecule has 4 nitrogen and oxygen atoms in total. The van der Waals surface area contributed by atoms with Crippen LogP contribution in [0.25, 0.3) is 0 Å². The van der Waals surface area contributed by atoms with Crippen LogP contribution in [0.2, 0.25) is 0 Å². The van der Waals surface area contributed by atoms with Crippen LogP contribution in [-0.2, 0) is 14.6 Å². The Morgan fingerprint density at radius 1 is 1.35 bits per heavy atom. The monoisotopic (exact) mass is 262 g/mol. The summed E-state index contributed by atoms with van der Waals surface area (Å²) in [4.78, 5) is 11.1. The first-order valence-electron chi connectivity index (χ1n) is 6.20. The van der Waals surface area contributed by atoms with Gasteiger partial charge in [-0.25, -0.2) is 8.42 Å². The molecule has 1 aliphatic rings. The van der Waals surface area contributed by atoms with Gasteiger partial charge in [0.05, 0.1) is 5.92 Å². The maximum absolute atomic E-state index is 11.1. The second kappa shape index (κ2) is 5.85. The van der Waals surface area contributed by atoms with Gasteiger partial charge in [-0.3, -0.25) is 4.79 Å². The number of aliphatic carboxylic acids is 1. The molecule has 0 aromatic carbocycles. The first-order valence-corrected chi connectivity index (χ1v) is 8.26. The molecule has 3 unspecified atom stereocenters. The molecular formula is C12H22O4S. The van der Waals surface area contributed by atoms with Crippen molar-refractivity contribution in [1.82, 2.24) is 0 Å². The predicted octanol–water partition coefficient (Wildman–Crippen LogP) is 1.95. The van der Waals surface area contributed by atoms with Crippen LogP contribution in [0.1, 0.15) is 39.0 Å². The van der Waals surface area contributed by atoms with Gasteiger partial charge in [-0.05, 0) is 43.9 Å². The average Bonchev–Trinajstić information content (AvgIpc) is 2.15. The van der Waals surface area contributed by atoms with E-state index in [2.05, 4.69) is 6.92 Å². The number of sulfone groups is 1. The van der Waals surface area contributed by atoms with Crippen molar-refractivity contribution in [2.75, 3.05) is 12.0 Å². The van der Waals surface area contributed by atoms with Crippen LogP contribution < -0.4 is 0 Å². The molecule has 5 heteroatoms. The van der Waals surface area contributed by atoms with Crippen molar-refractivity contribution in [2.24, 2.45) is 17.8 Å². The molecule has 17 heavy (non-hydrogen) atoms. The van der Waals surface area contributed by atoms with Crippen molar-refractivity contribution in [3.8, 4) is 0 Å². The molecule has 0 aromatic heterocycles. The van der Waals surface area contributed by atoms with E-state index in [-0.39, 0.29) is 17.6 Å². The summed E-state index contributed by atoms with van der Waals surface area (Å²) in [6.07, 6.45) is 5.15. The Kier molecular flexibility index (Phi) is 4.98. The van der Waals surface area contributed by atoms with Crippen molar-refractivity contribution in [3.05, 3.63) is 0 Å². The molecular weight excluding hydrogens is 240 g/mol. The molecule has 3 atom stereocenters. The van der Waals surface area contributed by atoms with E-state index in [0.717, 1.165) is 19.3 Å². The minimum Gasteiger partial charge on any atom is -0.481 e. The van der Waals surface area contributed by atoms with E-state index in [1.165, 1.54) is 6.26 Å². The number of carbonyl (C=O) groups is 1. The Bertz CT molecular complexity index is 361. The zero-order valence-electron chi connectivity index (χ0n) is 10.6. The molecule has 1 saturated carbocycles. The highest BCUT2D eigenvalue weighted by Gasteiger charge is 2.33. The largest absolute Gasteiger partial charge is 0.481 e. The van der Waals surface area contributed by atoms with Crippen molar-refractivity contribution < 1.29 is 18.3 Å². The summed E-state index contributed by atoms with van der Waals surface area (Å²) in [6, 6.07) is 0. The lowest BCUT2D eigenvalue weighted by Crippen LogP contribution is -2.30. The number of hydrogen-bond donors (Lipinski definition) is 1. The molecule has 0 aliphatic heterocycles. The highest BCUT2D eigenvalue weighted by Crippen LogP contribution is 2.36. The molecule has 0 amide bonds. The Morgan fingerprint density at radius 3 is 2.53 bits per heavy atom. The van der Waals surface area contributed by atoms with Crippen LogP contribution in [0.15, 0.2) is 0 Å². The highest BCUT2D eigenvalue weighted by molar-refractivity contribution is 7.90. The van der Waals surface area contributed by atoms with E-state index < -0.39 is 15.8 Å². The predicted molar refractivity (Wildman–Crippen MR) is 66.6 cm³/mol. The van der Waals surface area contributed by atoms with Crippen molar-refractivity contribution >= 4 is 15.8 Å². The smallest absolute Gasteiger partial charge is 0.306 e. The van der Waals surface area contributed by atoms with Gasteiger partial charge < -0.3 is 5.11 Å². The molecule has 0 saturated heterocycles. The number of carboxylic acid groups (broad SMARTS) is 1. The van der Waals surface area contributed by atoms with Gasteiger partial charge in [0.1, 0.15) is 9.84 Å². The second-order valence-electron chi connectivity index (χ2n) is 5.40. The molecule has 100 valence electrons. The lowest BCUT2D eigenvalue weighted by atomic mass is 9.73. The Labute approximate surface area is 103 Å². The lowest BCUT2D eigenvalue weighted by Gasteiger charge is -2.32. The van der Waals surface area contributed by atoms with Gasteiger partial charge >= 0.3 is 5.97 Å². The summed E-state index contributed by atoms with van der Waals surface area (Å²) in [7, 11) is -2.92. The van der Waals surface area contributed by atoms with Crippen LogP contribution in [0, 0.1) is 17.8 Å². The molecule has 0 heterocycles. The molecule has 1 fully saturated rings. The fraction of sp³-hybridized carbons (Fsp3) is 0.917. The fourth-order valence-corrected chi connectivity index (χ4v) is 3.44. The van der Waals surface area contributed by atoms with E-state index >= 15 is 0 Å². The van der Waals surface area contributed by atoms with Crippen LogP contribution in [-0.4, -0.2) is 31.5 Å². The molecule has 0 radical (unpaired) electrons. The third-order valence-corrected chi connectivity index (χ3v) is 4.68. The number of rotatable bonds is 5. The summed E-state index contributed by atoms with van der Waals surface area (Å²) in [5, 5.41) is 9.14. The van der Waals surface area contributed by atoms with Crippen molar-refractivity contribution in [2.45, 2.75) is 39.0 Å². The van der Waals surface area contributed by atoms with Crippen LogP contribution in [0.5, 0.6) is 0 Å². The summed E-state index contributed by atoms with van der Waals surface area (Å²) in [5.41, 5.74) is 0. The van der Waals surface area contributed by atoms with E-state index in [4.69, 9.17) is 5.11 Å². The minimum absolute atomic E-state index is 0.151. The highest BCUT2D eigenvalue weighted by atomic mass is 32.2. The molecule has 1 N–H and O–H groups in total. The van der Waals surface area contributed by atoms with Gasteiger partial charge in [0.25, 0.3) is 0 Å². The van der Waals surface area contributed by atoms with Crippen LogP contribution in [0.3, 0.4) is 0 Å². The second-order valence-corrected chi connectivity index (χ2v) is 7.65. The molecule has 0 spiro atoms. The van der Waals surface area contributed by atoms with Gasteiger partial charge in [0.15, 0.2) is 0 Å². The quantitative estimate of drug-likeness (QED) is 0.822. The summed E-state index contributed by atoms with van der Waals surface area (Å²) in [5.74, 6) is -0.108. The van der Waals surface area contributed by atoms with Crippen LogP contribution in [0.4, 0.5) is 0 Å². The van der Waals surface area contributed by atoms with Crippen molar-refractivity contribution in [1.29, 1.82) is 0 Å². The molecule has 1 rings (SSSR count). The zero-order chi connectivity index (χ0) is 13.1. The maximum atomic E-state index is 11.1. The maximum Gasteiger partial charge on any atom is 0.306 e. The Hall–Kier alpha value is -0.580. The van der Waals surface area contributed by atoms with E-state index in [1.807, 2.05) is 0 Å².